The molecule has 3 aliphatic rings. The first-order chi connectivity index (χ1) is 11.6. The van der Waals surface area contributed by atoms with E-state index in [-0.39, 0.29) is 36.4 Å². The second kappa shape index (κ2) is 6.28. The molecule has 0 saturated heterocycles. The van der Waals surface area contributed by atoms with Gasteiger partial charge in [0.25, 0.3) is 5.91 Å². The van der Waals surface area contributed by atoms with Crippen molar-refractivity contribution in [2.24, 2.45) is 17.8 Å². The van der Waals surface area contributed by atoms with Gasteiger partial charge in [-0.15, -0.1) is 0 Å². The number of hydrogen-bond acceptors (Lipinski definition) is 3. The number of ether oxygens (including phenoxy) is 1. The molecule has 2 N–H and O–H groups in total. The Morgan fingerprint density at radius 2 is 1.71 bits per heavy atom. The highest BCUT2D eigenvalue weighted by molar-refractivity contribution is 6.30. The zero-order chi connectivity index (χ0) is 16.7. The molecule has 6 heteroatoms. The minimum atomic E-state index is -0.116. The summed E-state index contributed by atoms with van der Waals surface area (Å²) < 4.78 is 5.47. The summed E-state index contributed by atoms with van der Waals surface area (Å²) in [5, 5.41) is 6.86. The zero-order valence-corrected chi connectivity index (χ0v) is 14.1. The normalized spacial score (nSPS) is 30.4. The summed E-state index contributed by atoms with van der Waals surface area (Å²) in [7, 11) is 0. The molecule has 3 fully saturated rings. The number of benzene rings is 1. The third kappa shape index (κ3) is 3.51. The van der Waals surface area contributed by atoms with Crippen molar-refractivity contribution in [2.45, 2.75) is 37.8 Å². The van der Waals surface area contributed by atoms with Crippen LogP contribution in [0.1, 0.15) is 25.7 Å². The molecule has 1 aromatic carbocycles. The van der Waals surface area contributed by atoms with Crippen molar-refractivity contribution in [1.82, 2.24) is 10.6 Å². The molecule has 2 unspecified atom stereocenters. The molecule has 3 aliphatic carbocycles. The van der Waals surface area contributed by atoms with E-state index in [1.165, 1.54) is 0 Å². The Morgan fingerprint density at radius 1 is 1.04 bits per heavy atom. The van der Waals surface area contributed by atoms with Crippen LogP contribution in [-0.2, 0) is 9.59 Å². The van der Waals surface area contributed by atoms with Crippen molar-refractivity contribution in [3.05, 3.63) is 29.3 Å². The third-order valence-corrected chi connectivity index (χ3v) is 5.49. The lowest BCUT2D eigenvalue weighted by atomic mass is 10.1. The van der Waals surface area contributed by atoms with Gasteiger partial charge in [0.15, 0.2) is 6.61 Å². The number of carbonyl (C=O) groups is 2. The fourth-order valence-corrected chi connectivity index (χ4v) is 3.82. The van der Waals surface area contributed by atoms with Crippen molar-refractivity contribution in [3.63, 3.8) is 0 Å². The summed E-state index contributed by atoms with van der Waals surface area (Å²) in [5.41, 5.74) is 0. The van der Waals surface area contributed by atoms with Gasteiger partial charge >= 0.3 is 0 Å². The van der Waals surface area contributed by atoms with E-state index in [4.69, 9.17) is 16.3 Å². The number of hydrogen-bond donors (Lipinski definition) is 2. The SMILES string of the molecule is O=C(COc1ccc(Cl)cc1)N[C@H]1C[C@@H](NC(=O)C2CC2)C2CC21. The Hall–Kier alpha value is -1.75. The topological polar surface area (TPSA) is 67.4 Å². The van der Waals surface area contributed by atoms with E-state index in [0.717, 1.165) is 25.7 Å². The molecule has 4 atom stereocenters. The van der Waals surface area contributed by atoms with Crippen LogP contribution in [0, 0.1) is 17.8 Å². The van der Waals surface area contributed by atoms with E-state index in [0.29, 0.717) is 22.6 Å². The van der Waals surface area contributed by atoms with E-state index in [2.05, 4.69) is 10.6 Å². The van der Waals surface area contributed by atoms with Gasteiger partial charge in [-0.05, 0) is 61.8 Å². The lowest BCUT2D eigenvalue weighted by molar-refractivity contribution is -0.124. The van der Waals surface area contributed by atoms with Crippen LogP contribution in [0.25, 0.3) is 0 Å². The molecule has 0 bridgehead atoms. The number of halogens is 1. The van der Waals surface area contributed by atoms with Crippen LogP contribution in [0.5, 0.6) is 5.75 Å². The molecular weight excluding hydrogens is 328 g/mol. The predicted octanol–water partition coefficient (Wildman–Crippen LogP) is 2.14. The van der Waals surface area contributed by atoms with E-state index in [1.807, 2.05) is 0 Å². The molecule has 3 saturated carbocycles. The van der Waals surface area contributed by atoms with Crippen LogP contribution in [0.15, 0.2) is 24.3 Å². The Bertz CT molecular complexity index is 644. The summed E-state index contributed by atoms with van der Waals surface area (Å²) in [6, 6.07) is 7.32. The second-order valence-electron chi connectivity index (χ2n) is 7.11. The molecule has 0 aliphatic heterocycles. The first kappa shape index (κ1) is 15.8. The van der Waals surface area contributed by atoms with E-state index in [9.17, 15) is 9.59 Å². The van der Waals surface area contributed by atoms with E-state index < -0.39 is 0 Å². The van der Waals surface area contributed by atoms with Crippen molar-refractivity contribution in [2.75, 3.05) is 6.61 Å². The fraction of sp³-hybridized carbons (Fsp3) is 0.556. The van der Waals surface area contributed by atoms with Crippen LogP contribution in [0.4, 0.5) is 0 Å². The van der Waals surface area contributed by atoms with Crippen molar-refractivity contribution >= 4 is 23.4 Å². The third-order valence-electron chi connectivity index (χ3n) is 5.24. The van der Waals surface area contributed by atoms with Gasteiger partial charge in [0.05, 0.1) is 0 Å². The summed E-state index contributed by atoms with van der Waals surface area (Å²) in [6.45, 7) is -0.00534. The fourth-order valence-electron chi connectivity index (χ4n) is 3.69. The lowest BCUT2D eigenvalue weighted by Gasteiger charge is -2.19. The first-order valence-electron chi connectivity index (χ1n) is 8.58. The molecule has 0 spiro atoms. The highest BCUT2D eigenvalue weighted by Crippen LogP contribution is 2.52. The average Bonchev–Trinajstić information content (AvgIpc) is 3.46. The Kier molecular flexibility index (Phi) is 4.12. The van der Waals surface area contributed by atoms with Gasteiger partial charge in [0.2, 0.25) is 5.91 Å². The number of rotatable bonds is 6. The predicted molar refractivity (Wildman–Crippen MR) is 89.7 cm³/mol. The molecule has 0 heterocycles. The molecule has 0 aromatic heterocycles. The lowest BCUT2D eigenvalue weighted by Crippen LogP contribution is -2.42. The molecule has 1 aromatic rings. The molecule has 0 radical (unpaired) electrons. The Balaban J connectivity index is 1.23. The standard InChI is InChI=1S/C18H21ClN2O3/c19-11-3-5-12(6-4-11)24-9-17(22)20-15-8-16(14-7-13(14)15)21-18(23)10-1-2-10/h3-6,10,13-16H,1-2,7-9H2,(H,20,22)(H,21,23)/t13?,14?,15-,16+/m0/s1. The molecule has 4 rings (SSSR count). The molecular formula is C18H21ClN2O3. The van der Waals surface area contributed by atoms with Gasteiger partial charge in [-0.1, -0.05) is 11.6 Å². The molecule has 2 amide bonds. The zero-order valence-electron chi connectivity index (χ0n) is 13.3. The Labute approximate surface area is 146 Å². The van der Waals surface area contributed by atoms with Crippen molar-refractivity contribution in [3.8, 4) is 5.75 Å². The monoisotopic (exact) mass is 348 g/mol. The molecule has 128 valence electrons. The summed E-state index contributed by atoms with van der Waals surface area (Å²) in [5.74, 6) is 1.99. The van der Waals surface area contributed by atoms with Gasteiger partial charge in [-0.2, -0.15) is 0 Å². The van der Waals surface area contributed by atoms with Gasteiger partial charge in [0, 0.05) is 23.0 Å². The molecule has 5 nitrogen and oxygen atoms in total. The van der Waals surface area contributed by atoms with Crippen molar-refractivity contribution in [1.29, 1.82) is 0 Å². The first-order valence-corrected chi connectivity index (χ1v) is 8.96. The number of carbonyl (C=O) groups excluding carboxylic acids is 2. The molecule has 24 heavy (non-hydrogen) atoms. The highest BCUT2D eigenvalue weighted by Gasteiger charge is 2.55. The van der Waals surface area contributed by atoms with Gasteiger partial charge in [-0.3, -0.25) is 9.59 Å². The smallest absolute Gasteiger partial charge is 0.258 e. The maximum atomic E-state index is 12.1. The average molecular weight is 349 g/mol. The maximum absolute atomic E-state index is 12.1. The van der Waals surface area contributed by atoms with Crippen molar-refractivity contribution < 1.29 is 14.3 Å². The van der Waals surface area contributed by atoms with Gasteiger partial charge < -0.3 is 15.4 Å². The van der Waals surface area contributed by atoms with Crippen LogP contribution in [0.2, 0.25) is 5.02 Å². The van der Waals surface area contributed by atoms with Crippen LogP contribution in [0.3, 0.4) is 0 Å². The van der Waals surface area contributed by atoms with Gasteiger partial charge in [0.1, 0.15) is 5.75 Å². The highest BCUT2D eigenvalue weighted by atomic mass is 35.5. The maximum Gasteiger partial charge on any atom is 0.258 e. The summed E-state index contributed by atoms with van der Waals surface area (Å²) in [4.78, 5) is 24.0. The van der Waals surface area contributed by atoms with Crippen LogP contribution < -0.4 is 15.4 Å². The minimum Gasteiger partial charge on any atom is -0.484 e. The van der Waals surface area contributed by atoms with Crippen LogP contribution in [-0.4, -0.2) is 30.5 Å². The van der Waals surface area contributed by atoms with E-state index in [1.54, 1.807) is 24.3 Å². The Morgan fingerprint density at radius 3 is 2.38 bits per heavy atom. The second-order valence-corrected chi connectivity index (χ2v) is 7.54. The van der Waals surface area contributed by atoms with Crippen LogP contribution >= 0.6 is 11.6 Å². The summed E-state index contributed by atoms with van der Waals surface area (Å²) in [6.07, 6.45) is 3.97. The summed E-state index contributed by atoms with van der Waals surface area (Å²) >= 11 is 5.82. The van der Waals surface area contributed by atoms with E-state index >= 15 is 0 Å². The minimum absolute atomic E-state index is 0.00534. The quantitative estimate of drug-likeness (QED) is 0.827. The van der Waals surface area contributed by atoms with Gasteiger partial charge in [-0.25, -0.2) is 0 Å². The number of fused-ring (bicyclic) bond motifs is 1. The number of amides is 2. The number of nitrogens with one attached hydrogen (secondary N) is 2. The largest absolute Gasteiger partial charge is 0.484 e.